The lowest BCUT2D eigenvalue weighted by molar-refractivity contribution is -0.159. The first-order valence-electron chi connectivity index (χ1n) is 2.49. The summed E-state index contributed by atoms with van der Waals surface area (Å²) in [5.41, 5.74) is 0. The molecule has 0 atom stereocenters. The largest absolute Gasteiger partial charge is 0.473 e. The van der Waals surface area contributed by atoms with Crippen LogP contribution in [-0.4, -0.2) is 34.9 Å². The molecule has 2 N–H and O–H groups in total. The summed E-state index contributed by atoms with van der Waals surface area (Å²) < 4.78 is 0. The molecule has 0 saturated carbocycles. The standard InChI is InChI=1S/C2H3N3.C2H2O4/c1-2-4-5-3-1;3-1(4)2(5)6/h1H,2H2;(H,3,4)(H,5,6). The van der Waals surface area contributed by atoms with Crippen molar-refractivity contribution in [2.45, 2.75) is 0 Å². The number of carbonyl (C=O) groups is 2. The lowest BCUT2D eigenvalue weighted by Crippen LogP contribution is -2.09. The van der Waals surface area contributed by atoms with Gasteiger partial charge < -0.3 is 10.2 Å². The molecular weight excluding hydrogens is 154 g/mol. The Morgan fingerprint density at radius 2 is 1.82 bits per heavy atom. The molecule has 0 spiro atoms. The maximum atomic E-state index is 9.10. The molecule has 1 rings (SSSR count). The van der Waals surface area contributed by atoms with Gasteiger partial charge in [-0.1, -0.05) is 0 Å². The number of hydrogen-bond acceptors (Lipinski definition) is 5. The first kappa shape index (κ1) is 9.21. The van der Waals surface area contributed by atoms with E-state index >= 15 is 0 Å². The zero-order chi connectivity index (χ0) is 8.69. The van der Waals surface area contributed by atoms with Crippen molar-refractivity contribution in [2.75, 3.05) is 6.54 Å². The van der Waals surface area contributed by atoms with E-state index in [9.17, 15) is 0 Å². The van der Waals surface area contributed by atoms with Gasteiger partial charge in [-0.15, -0.1) is 5.10 Å². The third-order valence-electron chi connectivity index (χ3n) is 0.543. The molecule has 60 valence electrons. The van der Waals surface area contributed by atoms with E-state index in [1.54, 1.807) is 6.21 Å². The number of carboxylic acid groups (broad SMARTS) is 2. The van der Waals surface area contributed by atoms with Gasteiger partial charge in [0, 0.05) is 0 Å². The Kier molecular flexibility index (Phi) is 4.21. The normalized spacial score (nSPS) is 12.0. The van der Waals surface area contributed by atoms with Crippen LogP contribution < -0.4 is 0 Å². The zero-order valence-electron chi connectivity index (χ0n) is 5.34. The molecule has 1 aliphatic heterocycles. The fourth-order valence-corrected chi connectivity index (χ4v) is 0.183. The highest BCUT2D eigenvalue weighted by atomic mass is 16.4. The molecule has 7 heteroatoms. The highest BCUT2D eigenvalue weighted by Gasteiger charge is 2.04. The first-order valence-corrected chi connectivity index (χ1v) is 2.49. The minimum absolute atomic E-state index is 0.667. The maximum Gasteiger partial charge on any atom is 0.414 e. The summed E-state index contributed by atoms with van der Waals surface area (Å²) in [6, 6.07) is 0. The number of rotatable bonds is 0. The van der Waals surface area contributed by atoms with E-state index in [0.29, 0.717) is 6.54 Å². The molecule has 0 aromatic heterocycles. The summed E-state index contributed by atoms with van der Waals surface area (Å²) in [5, 5.41) is 25.0. The molecule has 0 amide bonds. The lowest BCUT2D eigenvalue weighted by atomic mass is 10.7. The Balaban J connectivity index is 0.000000183. The van der Waals surface area contributed by atoms with E-state index in [-0.39, 0.29) is 0 Å². The number of aliphatic carboxylic acids is 2. The molecule has 0 aromatic rings. The van der Waals surface area contributed by atoms with Gasteiger partial charge in [0.15, 0.2) is 0 Å². The second-order valence-corrected chi connectivity index (χ2v) is 1.32. The number of hydrogen-bond donors (Lipinski definition) is 2. The summed E-state index contributed by atoms with van der Waals surface area (Å²) in [5.74, 6) is -3.65. The second kappa shape index (κ2) is 5.03. The van der Waals surface area contributed by atoms with Crippen LogP contribution >= 0.6 is 0 Å². The van der Waals surface area contributed by atoms with Crippen molar-refractivity contribution >= 4 is 18.2 Å². The van der Waals surface area contributed by atoms with E-state index in [0.717, 1.165) is 0 Å². The molecule has 0 radical (unpaired) electrons. The average Bonchev–Trinajstić information content (AvgIpc) is 2.41. The summed E-state index contributed by atoms with van der Waals surface area (Å²) in [6.07, 6.45) is 1.65. The predicted molar refractivity (Wildman–Crippen MR) is 33.5 cm³/mol. The Bertz CT molecular complexity index is 187. The van der Waals surface area contributed by atoms with E-state index in [1.807, 2.05) is 0 Å². The van der Waals surface area contributed by atoms with Crippen molar-refractivity contribution < 1.29 is 19.8 Å². The maximum absolute atomic E-state index is 9.10. The molecular formula is C4H5N3O4. The minimum atomic E-state index is -1.82. The molecule has 1 aliphatic rings. The van der Waals surface area contributed by atoms with Gasteiger partial charge >= 0.3 is 11.9 Å². The lowest BCUT2D eigenvalue weighted by Gasteiger charge is -1.72. The third-order valence-corrected chi connectivity index (χ3v) is 0.543. The fourth-order valence-electron chi connectivity index (χ4n) is 0.183. The van der Waals surface area contributed by atoms with E-state index in [2.05, 4.69) is 15.4 Å². The molecule has 0 fully saturated rings. The zero-order valence-corrected chi connectivity index (χ0v) is 5.34. The van der Waals surface area contributed by atoms with Gasteiger partial charge in [-0.05, 0) is 5.22 Å². The fraction of sp³-hybridized carbons (Fsp3) is 0.250. The number of carboxylic acids is 2. The van der Waals surface area contributed by atoms with Crippen molar-refractivity contribution in [3.8, 4) is 0 Å². The molecule has 0 saturated heterocycles. The highest BCUT2D eigenvalue weighted by molar-refractivity contribution is 6.27. The molecule has 0 aromatic carbocycles. The SMILES string of the molecule is C1=NN=NC1.O=C(O)C(=O)O. The van der Waals surface area contributed by atoms with Crippen molar-refractivity contribution in [3.05, 3.63) is 0 Å². The van der Waals surface area contributed by atoms with Gasteiger partial charge in [-0.25, -0.2) is 9.59 Å². The van der Waals surface area contributed by atoms with Crippen LogP contribution in [0.25, 0.3) is 0 Å². The van der Waals surface area contributed by atoms with Gasteiger partial charge in [-0.3, -0.25) is 0 Å². The van der Waals surface area contributed by atoms with Gasteiger partial charge in [0.05, 0.1) is 12.8 Å². The summed E-state index contributed by atoms with van der Waals surface area (Å²) in [4.78, 5) is 18.2. The van der Waals surface area contributed by atoms with Gasteiger partial charge in [0.2, 0.25) is 0 Å². The van der Waals surface area contributed by atoms with Crippen LogP contribution in [0.3, 0.4) is 0 Å². The summed E-state index contributed by atoms with van der Waals surface area (Å²) >= 11 is 0. The van der Waals surface area contributed by atoms with Crippen LogP contribution in [0.15, 0.2) is 15.4 Å². The quantitative estimate of drug-likeness (QED) is 0.468. The smallest absolute Gasteiger partial charge is 0.414 e. The Morgan fingerprint density at radius 3 is 1.91 bits per heavy atom. The Labute approximate surface area is 61.1 Å². The average molecular weight is 159 g/mol. The second-order valence-electron chi connectivity index (χ2n) is 1.32. The molecule has 0 bridgehead atoms. The summed E-state index contributed by atoms with van der Waals surface area (Å²) in [7, 11) is 0. The van der Waals surface area contributed by atoms with Crippen molar-refractivity contribution in [2.24, 2.45) is 15.4 Å². The summed E-state index contributed by atoms with van der Waals surface area (Å²) in [6.45, 7) is 0.667. The van der Waals surface area contributed by atoms with Crippen LogP contribution in [0.1, 0.15) is 0 Å². The van der Waals surface area contributed by atoms with Gasteiger partial charge in [0.1, 0.15) is 0 Å². The van der Waals surface area contributed by atoms with Crippen LogP contribution in [0.4, 0.5) is 0 Å². The van der Waals surface area contributed by atoms with Gasteiger partial charge in [-0.2, -0.15) is 5.11 Å². The minimum Gasteiger partial charge on any atom is -0.473 e. The van der Waals surface area contributed by atoms with Crippen molar-refractivity contribution in [1.82, 2.24) is 0 Å². The van der Waals surface area contributed by atoms with Gasteiger partial charge in [0.25, 0.3) is 0 Å². The van der Waals surface area contributed by atoms with Crippen molar-refractivity contribution in [3.63, 3.8) is 0 Å². The number of nitrogens with zero attached hydrogens (tertiary/aromatic N) is 3. The highest BCUT2D eigenvalue weighted by Crippen LogP contribution is 1.80. The Hall–Kier alpha value is -1.79. The molecule has 11 heavy (non-hydrogen) atoms. The van der Waals surface area contributed by atoms with Crippen LogP contribution in [0.5, 0.6) is 0 Å². The first-order chi connectivity index (χ1) is 5.14. The molecule has 0 unspecified atom stereocenters. The monoisotopic (exact) mass is 159 g/mol. The van der Waals surface area contributed by atoms with Crippen LogP contribution in [-0.2, 0) is 9.59 Å². The van der Waals surface area contributed by atoms with Crippen LogP contribution in [0, 0.1) is 0 Å². The van der Waals surface area contributed by atoms with E-state index in [1.165, 1.54) is 0 Å². The molecule has 1 heterocycles. The van der Waals surface area contributed by atoms with Crippen LogP contribution in [0.2, 0.25) is 0 Å². The topological polar surface area (TPSA) is 112 Å². The Morgan fingerprint density at radius 1 is 1.27 bits per heavy atom. The molecule has 7 nitrogen and oxygen atoms in total. The van der Waals surface area contributed by atoms with E-state index < -0.39 is 11.9 Å². The third kappa shape index (κ3) is 6.09. The molecule has 0 aliphatic carbocycles. The van der Waals surface area contributed by atoms with E-state index in [4.69, 9.17) is 19.8 Å². The van der Waals surface area contributed by atoms with Crippen molar-refractivity contribution in [1.29, 1.82) is 0 Å². The predicted octanol–water partition coefficient (Wildman–Crippen LogP) is -0.406.